The van der Waals surface area contributed by atoms with E-state index in [2.05, 4.69) is 51.3 Å². The third-order valence-electron chi connectivity index (χ3n) is 11.1. The summed E-state index contributed by atoms with van der Waals surface area (Å²) < 4.78 is 19.4. The van der Waals surface area contributed by atoms with Gasteiger partial charge in [-0.05, 0) is 51.6 Å². The van der Waals surface area contributed by atoms with E-state index >= 15 is 0 Å². The van der Waals surface area contributed by atoms with Gasteiger partial charge in [-0.15, -0.1) is 0 Å². The van der Waals surface area contributed by atoms with Gasteiger partial charge in [-0.2, -0.15) is 0 Å². The molecule has 0 fully saturated rings. The molecule has 3 heterocycles. The number of benzene rings is 6. The average Bonchev–Trinajstić information content (AvgIpc) is 4.07. The third kappa shape index (κ3) is 7.58. The molecular formula is C50H42N4O5. The van der Waals surface area contributed by atoms with Crippen LogP contribution >= 0.6 is 0 Å². The van der Waals surface area contributed by atoms with Crippen LogP contribution in [0.4, 0.5) is 0 Å². The van der Waals surface area contributed by atoms with Crippen LogP contribution in [0.2, 0.25) is 0 Å². The van der Waals surface area contributed by atoms with Crippen LogP contribution in [0.25, 0.3) is 10.9 Å². The first-order valence-electron chi connectivity index (χ1n) is 19.7. The lowest BCUT2D eigenvalue weighted by Gasteiger charge is -2.37. The van der Waals surface area contributed by atoms with Crippen molar-refractivity contribution in [2.45, 2.75) is 36.9 Å². The van der Waals surface area contributed by atoms with E-state index < -0.39 is 23.5 Å². The summed E-state index contributed by atoms with van der Waals surface area (Å²) in [5.41, 5.74) is 6.46. The van der Waals surface area contributed by atoms with Gasteiger partial charge in [-0.25, -0.2) is 9.78 Å². The van der Waals surface area contributed by atoms with Crippen molar-refractivity contribution in [3.05, 3.63) is 222 Å². The largest absolute Gasteiger partial charge is 0.459 e. The second-order valence-corrected chi connectivity index (χ2v) is 14.7. The fraction of sp³-hybridized carbons (Fsp3) is 0.140. The molecule has 9 heteroatoms. The molecular weight excluding hydrogens is 737 g/mol. The van der Waals surface area contributed by atoms with Crippen molar-refractivity contribution in [3.63, 3.8) is 0 Å². The lowest BCUT2D eigenvalue weighted by molar-refractivity contribution is -0.149. The second-order valence-electron chi connectivity index (χ2n) is 14.7. The quantitative estimate of drug-likeness (QED) is 0.0845. The molecule has 1 amide bonds. The van der Waals surface area contributed by atoms with E-state index in [0.717, 1.165) is 38.7 Å². The predicted molar refractivity (Wildman–Crippen MR) is 226 cm³/mol. The summed E-state index contributed by atoms with van der Waals surface area (Å²) in [5, 5.41) is 4.09. The van der Waals surface area contributed by atoms with Gasteiger partial charge in [0.25, 0.3) is 0 Å². The number of ether oxygens (including phenoxy) is 3. The van der Waals surface area contributed by atoms with E-state index in [9.17, 15) is 9.59 Å². The van der Waals surface area contributed by atoms with Gasteiger partial charge in [0.15, 0.2) is 11.5 Å². The monoisotopic (exact) mass is 778 g/mol. The lowest BCUT2D eigenvalue weighted by Crippen LogP contribution is -2.45. The summed E-state index contributed by atoms with van der Waals surface area (Å²) >= 11 is 0. The number of carbonyl (C=O) groups excluding carboxylic acids is 2. The zero-order chi connectivity index (χ0) is 40.0. The summed E-state index contributed by atoms with van der Waals surface area (Å²) in [7, 11) is 0. The fourth-order valence-corrected chi connectivity index (χ4v) is 8.15. The van der Waals surface area contributed by atoms with Crippen LogP contribution < -0.4 is 14.8 Å². The number of H-pyrrole nitrogens is 1. The normalized spacial score (nSPS) is 13.2. The number of hydrogen-bond donors (Lipinski definition) is 2. The first-order valence-corrected chi connectivity index (χ1v) is 19.7. The molecule has 2 N–H and O–H groups in total. The Bertz CT molecular complexity index is 2580. The van der Waals surface area contributed by atoms with Crippen LogP contribution in [0.3, 0.4) is 0 Å². The van der Waals surface area contributed by atoms with E-state index in [4.69, 9.17) is 19.2 Å². The van der Waals surface area contributed by atoms with Gasteiger partial charge in [0.2, 0.25) is 12.7 Å². The molecule has 9 rings (SSSR count). The van der Waals surface area contributed by atoms with E-state index in [-0.39, 0.29) is 32.1 Å². The minimum Gasteiger partial charge on any atom is -0.459 e. The van der Waals surface area contributed by atoms with Crippen LogP contribution in [0.1, 0.15) is 45.0 Å². The van der Waals surface area contributed by atoms with Crippen molar-refractivity contribution >= 4 is 22.8 Å². The maximum atomic E-state index is 14.9. The Morgan fingerprint density at radius 3 is 2.02 bits per heavy atom. The first kappa shape index (κ1) is 37.2. The van der Waals surface area contributed by atoms with Crippen molar-refractivity contribution in [2.24, 2.45) is 0 Å². The Kier molecular flexibility index (Phi) is 10.5. The number of esters is 1. The van der Waals surface area contributed by atoms with Crippen LogP contribution in [-0.4, -0.2) is 39.2 Å². The summed E-state index contributed by atoms with van der Waals surface area (Å²) in [6.45, 7) is 0.176. The molecule has 2 aromatic heterocycles. The molecule has 2 atom stereocenters. The van der Waals surface area contributed by atoms with Gasteiger partial charge in [0.1, 0.15) is 18.2 Å². The van der Waals surface area contributed by atoms with E-state index in [1.54, 1.807) is 0 Å². The standard InChI is InChI=1S/C50H42N4O5/c55-48(53-45(49(56)57-32-35-15-5-1-6-16-35)27-37-30-51-44-24-14-13-23-42(37)44)43(36-25-26-46-47(28-36)59-34-58-46)29-41-31-54(33-52-41)50(38-17-7-2-8-18-38,39-19-9-3-10-20-39)40-21-11-4-12-22-40/h1-26,28,30-31,33,43,45,51H,27,29,32,34H2,(H,53,55)/t43?,45-/m0/s1. The highest BCUT2D eigenvalue weighted by atomic mass is 16.7. The summed E-state index contributed by atoms with van der Waals surface area (Å²) in [5.74, 6) is -0.475. The fourth-order valence-electron chi connectivity index (χ4n) is 8.15. The number of rotatable bonds is 14. The Morgan fingerprint density at radius 1 is 0.729 bits per heavy atom. The SMILES string of the molecule is O=C(N[C@@H](Cc1c[nH]c2ccccc12)C(=O)OCc1ccccc1)C(Cc1cn(C(c2ccccc2)(c2ccccc2)c2ccccc2)cn1)c1ccc2c(c1)OCO2. The van der Waals surface area contributed by atoms with Crippen molar-refractivity contribution in [1.82, 2.24) is 19.9 Å². The number of nitrogens with one attached hydrogen (secondary N) is 2. The minimum absolute atomic E-state index is 0.0783. The smallest absolute Gasteiger partial charge is 0.329 e. The van der Waals surface area contributed by atoms with Crippen molar-refractivity contribution < 1.29 is 23.8 Å². The van der Waals surface area contributed by atoms with Crippen molar-refractivity contribution in [1.29, 1.82) is 0 Å². The molecule has 9 nitrogen and oxygen atoms in total. The first-order chi connectivity index (χ1) is 29.1. The van der Waals surface area contributed by atoms with Gasteiger partial charge in [0.05, 0.1) is 17.9 Å². The van der Waals surface area contributed by atoms with Gasteiger partial charge in [-0.3, -0.25) is 4.79 Å². The highest BCUT2D eigenvalue weighted by molar-refractivity contribution is 5.90. The Morgan fingerprint density at radius 2 is 1.34 bits per heavy atom. The average molecular weight is 779 g/mol. The molecule has 1 unspecified atom stereocenters. The number of aromatic amines is 1. The summed E-state index contributed by atoms with van der Waals surface area (Å²) in [6.07, 6.45) is 6.20. The van der Waals surface area contributed by atoms with Crippen molar-refractivity contribution in [3.8, 4) is 11.5 Å². The number of nitrogens with zero attached hydrogens (tertiary/aromatic N) is 2. The maximum absolute atomic E-state index is 14.9. The Labute approximate surface area is 342 Å². The second kappa shape index (κ2) is 16.6. The molecule has 8 aromatic rings. The predicted octanol–water partition coefficient (Wildman–Crippen LogP) is 8.73. The van der Waals surface area contributed by atoms with Crippen LogP contribution in [0.15, 0.2) is 183 Å². The zero-order valence-corrected chi connectivity index (χ0v) is 32.2. The number of hydrogen-bond acceptors (Lipinski definition) is 6. The summed E-state index contributed by atoms with van der Waals surface area (Å²) in [4.78, 5) is 37.1. The van der Waals surface area contributed by atoms with Crippen LogP contribution in [0, 0.1) is 0 Å². The molecule has 0 radical (unpaired) electrons. The number of para-hydroxylation sites is 1. The molecule has 1 aliphatic rings. The molecule has 292 valence electrons. The number of aromatic nitrogens is 3. The number of fused-ring (bicyclic) bond motifs is 2. The molecule has 0 aliphatic carbocycles. The minimum atomic E-state index is -0.985. The number of imidazole rings is 1. The highest BCUT2D eigenvalue weighted by Gasteiger charge is 2.39. The van der Waals surface area contributed by atoms with Gasteiger partial charge in [0, 0.05) is 36.1 Å². The van der Waals surface area contributed by atoms with E-state index in [1.807, 2.05) is 146 Å². The molecule has 0 bridgehead atoms. The van der Waals surface area contributed by atoms with Crippen LogP contribution in [0.5, 0.6) is 11.5 Å². The number of amides is 1. The highest BCUT2D eigenvalue weighted by Crippen LogP contribution is 2.41. The van der Waals surface area contributed by atoms with E-state index in [1.165, 1.54) is 0 Å². The third-order valence-corrected chi connectivity index (χ3v) is 11.1. The van der Waals surface area contributed by atoms with Gasteiger partial charge < -0.3 is 29.1 Å². The van der Waals surface area contributed by atoms with Crippen molar-refractivity contribution in [2.75, 3.05) is 6.79 Å². The Hall–Kier alpha value is -7.39. The molecule has 6 aromatic carbocycles. The Balaban J connectivity index is 1.09. The molecule has 59 heavy (non-hydrogen) atoms. The van der Waals surface area contributed by atoms with E-state index in [0.29, 0.717) is 22.8 Å². The maximum Gasteiger partial charge on any atom is 0.329 e. The lowest BCUT2D eigenvalue weighted by atomic mass is 9.76. The molecule has 1 aliphatic heterocycles. The van der Waals surface area contributed by atoms with Gasteiger partial charge in [-0.1, -0.05) is 146 Å². The molecule has 0 saturated heterocycles. The summed E-state index contributed by atoms with van der Waals surface area (Å²) in [6, 6.07) is 53.1. The topological polar surface area (TPSA) is 107 Å². The molecule has 0 saturated carbocycles. The number of carbonyl (C=O) groups is 2. The van der Waals surface area contributed by atoms with Gasteiger partial charge >= 0.3 is 5.97 Å². The zero-order valence-electron chi connectivity index (χ0n) is 32.2. The molecule has 0 spiro atoms. The van der Waals surface area contributed by atoms with Crippen LogP contribution in [-0.2, 0) is 39.3 Å².